The molecule has 0 rings (SSSR count). The Balaban J connectivity index is 4.36. The minimum Gasteiger partial charge on any atom is -0.462 e. The van der Waals surface area contributed by atoms with Crippen LogP contribution in [0.5, 0.6) is 0 Å². The van der Waals surface area contributed by atoms with Crippen molar-refractivity contribution in [1.29, 1.82) is 0 Å². The summed E-state index contributed by atoms with van der Waals surface area (Å²) in [7, 11) is 0. The highest BCUT2D eigenvalue weighted by molar-refractivity contribution is 5.71. The summed E-state index contributed by atoms with van der Waals surface area (Å²) in [5, 5.41) is 0. The molecule has 6 nitrogen and oxygen atoms in total. The summed E-state index contributed by atoms with van der Waals surface area (Å²) in [6, 6.07) is 0. The van der Waals surface area contributed by atoms with Crippen LogP contribution >= 0.6 is 0 Å². The van der Waals surface area contributed by atoms with Gasteiger partial charge in [0, 0.05) is 19.3 Å². The third kappa shape index (κ3) is 50.1. The van der Waals surface area contributed by atoms with Gasteiger partial charge in [0.2, 0.25) is 0 Å². The monoisotopic (exact) mass is 895 g/mol. The third-order valence-electron chi connectivity index (χ3n) is 11.8. The normalized spacial score (nSPS) is 12.5. The molecule has 0 aliphatic carbocycles. The Kier molecular flexibility index (Phi) is 50.4. The van der Waals surface area contributed by atoms with E-state index in [1.807, 2.05) is 0 Å². The smallest absolute Gasteiger partial charge is 0.306 e. The predicted octanol–water partition coefficient (Wildman–Crippen LogP) is 18.0. The van der Waals surface area contributed by atoms with E-state index in [0.29, 0.717) is 19.3 Å². The van der Waals surface area contributed by atoms with Gasteiger partial charge in [0.25, 0.3) is 0 Å². The molecular formula is C58H102O6. The van der Waals surface area contributed by atoms with E-state index in [-0.39, 0.29) is 31.1 Å². The van der Waals surface area contributed by atoms with Gasteiger partial charge in [-0.2, -0.15) is 0 Å². The van der Waals surface area contributed by atoms with E-state index in [9.17, 15) is 14.4 Å². The van der Waals surface area contributed by atoms with Gasteiger partial charge in [0.1, 0.15) is 13.2 Å². The summed E-state index contributed by atoms with van der Waals surface area (Å²) >= 11 is 0. The molecule has 0 aromatic carbocycles. The maximum atomic E-state index is 12.8. The van der Waals surface area contributed by atoms with E-state index in [2.05, 4.69) is 81.5 Å². The molecule has 370 valence electrons. The molecule has 0 aliphatic heterocycles. The molecule has 0 saturated heterocycles. The number of hydrogen-bond acceptors (Lipinski definition) is 6. The van der Waals surface area contributed by atoms with E-state index >= 15 is 0 Å². The number of rotatable bonds is 49. The van der Waals surface area contributed by atoms with Crippen LogP contribution in [-0.2, 0) is 28.6 Å². The largest absolute Gasteiger partial charge is 0.462 e. The van der Waals surface area contributed by atoms with Gasteiger partial charge in [-0.1, -0.05) is 236 Å². The number of allylic oxidation sites excluding steroid dienone is 10. The number of ether oxygens (including phenoxy) is 3. The minimum atomic E-state index is -0.785. The fraction of sp³-hybridized carbons (Fsp3) is 0.776. The van der Waals surface area contributed by atoms with Crippen LogP contribution < -0.4 is 0 Å². The molecule has 0 heterocycles. The maximum absolute atomic E-state index is 12.8. The first-order valence-electron chi connectivity index (χ1n) is 27.3. The molecule has 0 N–H and O–H groups in total. The van der Waals surface area contributed by atoms with Crippen molar-refractivity contribution in [3.63, 3.8) is 0 Å². The van der Waals surface area contributed by atoms with Gasteiger partial charge in [-0.15, -0.1) is 0 Å². The molecule has 0 bridgehead atoms. The molecule has 0 aliphatic rings. The van der Waals surface area contributed by atoms with E-state index in [4.69, 9.17) is 14.2 Å². The summed E-state index contributed by atoms with van der Waals surface area (Å²) in [6.45, 7) is 6.49. The van der Waals surface area contributed by atoms with Crippen molar-refractivity contribution < 1.29 is 28.6 Å². The number of carbonyl (C=O) groups excluding carboxylic acids is 3. The highest BCUT2D eigenvalue weighted by Crippen LogP contribution is 2.16. The van der Waals surface area contributed by atoms with E-state index < -0.39 is 6.10 Å². The lowest BCUT2D eigenvalue weighted by Gasteiger charge is -2.18. The lowest BCUT2D eigenvalue weighted by atomic mass is 10.0. The SMILES string of the molecule is CC/C=C\C/C=C\C/C=C\CCCCCCC(=O)OC(COC(=O)CCCCCCCCCCCC/C=C\C=C/CCCCC)COC(=O)CCCCCCCCCCCCCCC. The molecule has 0 radical (unpaired) electrons. The van der Waals surface area contributed by atoms with Crippen molar-refractivity contribution in [3.8, 4) is 0 Å². The summed E-state index contributed by atoms with van der Waals surface area (Å²) in [4.78, 5) is 38.0. The van der Waals surface area contributed by atoms with Crippen LogP contribution in [-0.4, -0.2) is 37.2 Å². The van der Waals surface area contributed by atoms with Crippen molar-refractivity contribution >= 4 is 17.9 Å². The van der Waals surface area contributed by atoms with Crippen LogP contribution in [0.15, 0.2) is 60.8 Å². The topological polar surface area (TPSA) is 78.9 Å². The van der Waals surface area contributed by atoms with Gasteiger partial charge in [-0.05, 0) is 77.0 Å². The second-order valence-corrected chi connectivity index (χ2v) is 18.1. The average Bonchev–Trinajstić information content (AvgIpc) is 3.29. The highest BCUT2D eigenvalue weighted by atomic mass is 16.6. The van der Waals surface area contributed by atoms with Gasteiger partial charge in [-0.3, -0.25) is 14.4 Å². The molecule has 6 heteroatoms. The Labute approximate surface area is 396 Å². The summed E-state index contributed by atoms with van der Waals surface area (Å²) in [5.41, 5.74) is 0. The summed E-state index contributed by atoms with van der Waals surface area (Å²) in [6.07, 6.45) is 64.9. The standard InChI is InChI=1S/C58H102O6/c1-4-7-10-13-16-19-22-25-27-28-29-30-31-34-36-39-42-45-48-51-57(60)63-54-55(53-62-56(59)50-47-44-41-38-35-32-24-21-18-15-12-9-6-3)64-58(61)52-49-46-43-40-37-33-26-23-20-17-14-11-8-5-2/h8,11,16-17,19-20,22,25-26,33,55H,4-7,9-10,12-15,18,21,23-24,27-32,34-54H2,1-3H3/b11-8-,19-16-,20-17-,25-22-,33-26-. The van der Waals surface area contributed by atoms with Crippen LogP contribution in [0.3, 0.4) is 0 Å². The first-order valence-corrected chi connectivity index (χ1v) is 27.3. The minimum absolute atomic E-state index is 0.0822. The van der Waals surface area contributed by atoms with Crippen molar-refractivity contribution in [3.05, 3.63) is 60.8 Å². The molecule has 0 saturated carbocycles. The van der Waals surface area contributed by atoms with Gasteiger partial charge < -0.3 is 14.2 Å². The Morgan fingerprint density at radius 1 is 0.344 bits per heavy atom. The van der Waals surface area contributed by atoms with Crippen LogP contribution in [0.4, 0.5) is 0 Å². The van der Waals surface area contributed by atoms with E-state index in [0.717, 1.165) is 89.9 Å². The Bertz CT molecular complexity index is 1170. The van der Waals surface area contributed by atoms with Gasteiger partial charge in [0.15, 0.2) is 6.10 Å². The zero-order chi connectivity index (χ0) is 46.5. The lowest BCUT2D eigenvalue weighted by molar-refractivity contribution is -0.167. The van der Waals surface area contributed by atoms with Crippen molar-refractivity contribution in [2.24, 2.45) is 0 Å². The molecule has 0 spiro atoms. The molecule has 0 amide bonds. The molecule has 1 unspecified atom stereocenters. The van der Waals surface area contributed by atoms with Crippen molar-refractivity contribution in [1.82, 2.24) is 0 Å². The quantitative estimate of drug-likeness (QED) is 0.0199. The Morgan fingerprint density at radius 3 is 1.08 bits per heavy atom. The zero-order valence-electron chi connectivity index (χ0n) is 42.3. The van der Waals surface area contributed by atoms with Crippen molar-refractivity contribution in [2.45, 2.75) is 277 Å². The average molecular weight is 895 g/mol. The Hall–Kier alpha value is -2.89. The number of esters is 3. The highest BCUT2D eigenvalue weighted by Gasteiger charge is 2.19. The molecule has 64 heavy (non-hydrogen) atoms. The van der Waals surface area contributed by atoms with Crippen LogP contribution in [0.25, 0.3) is 0 Å². The van der Waals surface area contributed by atoms with Gasteiger partial charge >= 0.3 is 17.9 Å². The molecular weight excluding hydrogens is 793 g/mol. The van der Waals surface area contributed by atoms with E-state index in [1.54, 1.807) is 0 Å². The zero-order valence-corrected chi connectivity index (χ0v) is 42.3. The molecule has 0 aromatic heterocycles. The lowest BCUT2D eigenvalue weighted by Crippen LogP contribution is -2.30. The van der Waals surface area contributed by atoms with Gasteiger partial charge in [-0.25, -0.2) is 0 Å². The second kappa shape index (κ2) is 52.7. The van der Waals surface area contributed by atoms with Crippen LogP contribution in [0.2, 0.25) is 0 Å². The third-order valence-corrected chi connectivity index (χ3v) is 11.8. The van der Waals surface area contributed by atoms with Crippen LogP contribution in [0.1, 0.15) is 271 Å². The number of unbranched alkanes of at least 4 members (excludes halogenated alkanes) is 29. The van der Waals surface area contributed by atoms with Gasteiger partial charge in [0.05, 0.1) is 0 Å². The van der Waals surface area contributed by atoms with Crippen LogP contribution in [0, 0.1) is 0 Å². The van der Waals surface area contributed by atoms with E-state index in [1.165, 1.54) is 141 Å². The maximum Gasteiger partial charge on any atom is 0.306 e. The summed E-state index contributed by atoms with van der Waals surface area (Å²) < 4.78 is 16.8. The fourth-order valence-electron chi connectivity index (χ4n) is 7.68. The predicted molar refractivity (Wildman–Crippen MR) is 275 cm³/mol. The van der Waals surface area contributed by atoms with Crippen molar-refractivity contribution in [2.75, 3.05) is 13.2 Å². The first-order chi connectivity index (χ1) is 31.5. The number of carbonyl (C=O) groups is 3. The fourth-order valence-corrected chi connectivity index (χ4v) is 7.68. The summed E-state index contributed by atoms with van der Waals surface area (Å²) in [5.74, 6) is -0.900. The molecule has 1 atom stereocenters. The number of hydrogen-bond donors (Lipinski definition) is 0. The molecule has 0 aromatic rings. The molecule has 0 fully saturated rings. The Morgan fingerprint density at radius 2 is 0.656 bits per heavy atom. The first kappa shape index (κ1) is 61.1. The second-order valence-electron chi connectivity index (χ2n) is 18.1.